The number of methoxy groups -OCH3 is 1. The lowest BCUT2D eigenvalue weighted by atomic mass is 10.3. The van der Waals surface area contributed by atoms with Crippen molar-refractivity contribution < 1.29 is 17.9 Å². The Hall–Kier alpha value is -1.90. The van der Waals surface area contributed by atoms with Crippen LogP contribution in [0.1, 0.15) is 0 Å². The molecular weight excluding hydrogens is 396 g/mol. The van der Waals surface area contributed by atoms with Gasteiger partial charge in [0, 0.05) is 9.92 Å². The minimum absolute atomic E-state index is 0.369. The second kappa shape index (κ2) is 8.66. The van der Waals surface area contributed by atoms with Crippen LogP contribution in [-0.4, -0.2) is 40.5 Å². The molecule has 9 heteroatoms. The SMILES string of the molecule is COc1ccc(Cl)cc1NC(=O)CN(c1cccc(SC)c1)S(C)(=O)=O. The Labute approximate surface area is 162 Å². The van der Waals surface area contributed by atoms with E-state index >= 15 is 0 Å². The highest BCUT2D eigenvalue weighted by Gasteiger charge is 2.22. The molecule has 0 heterocycles. The molecule has 0 aliphatic heterocycles. The Morgan fingerprint density at radius 2 is 2.00 bits per heavy atom. The molecule has 0 spiro atoms. The van der Waals surface area contributed by atoms with Gasteiger partial charge in [-0.25, -0.2) is 8.42 Å². The third-order valence-corrected chi connectivity index (χ3v) is 5.57. The first-order chi connectivity index (χ1) is 12.2. The van der Waals surface area contributed by atoms with Gasteiger partial charge >= 0.3 is 0 Å². The third kappa shape index (κ3) is 5.30. The third-order valence-electron chi connectivity index (χ3n) is 3.46. The van der Waals surface area contributed by atoms with Gasteiger partial charge in [-0.1, -0.05) is 17.7 Å². The van der Waals surface area contributed by atoms with Crippen molar-refractivity contribution in [3.8, 4) is 5.75 Å². The molecule has 0 unspecified atom stereocenters. The molecule has 0 atom stereocenters. The molecule has 2 rings (SSSR count). The predicted molar refractivity (Wildman–Crippen MR) is 107 cm³/mol. The Morgan fingerprint density at radius 1 is 1.27 bits per heavy atom. The molecule has 2 aromatic rings. The van der Waals surface area contributed by atoms with Crippen LogP contribution >= 0.6 is 23.4 Å². The first kappa shape index (κ1) is 20.4. The van der Waals surface area contributed by atoms with Crippen LogP contribution in [0.2, 0.25) is 5.02 Å². The fourth-order valence-corrected chi connectivity index (χ4v) is 3.74. The van der Waals surface area contributed by atoms with Gasteiger partial charge in [-0.05, 0) is 42.7 Å². The summed E-state index contributed by atoms with van der Waals surface area (Å²) in [7, 11) is -2.18. The number of anilines is 2. The lowest BCUT2D eigenvalue weighted by Crippen LogP contribution is -2.37. The van der Waals surface area contributed by atoms with Crippen LogP contribution in [0.15, 0.2) is 47.4 Å². The number of nitrogens with one attached hydrogen (secondary N) is 1. The van der Waals surface area contributed by atoms with E-state index in [9.17, 15) is 13.2 Å². The highest BCUT2D eigenvalue weighted by Crippen LogP contribution is 2.28. The number of halogens is 1. The maximum absolute atomic E-state index is 12.5. The monoisotopic (exact) mass is 414 g/mol. The molecule has 0 fully saturated rings. The van der Waals surface area contributed by atoms with E-state index in [-0.39, 0.29) is 6.54 Å². The first-order valence-electron chi connectivity index (χ1n) is 7.49. The van der Waals surface area contributed by atoms with Crippen molar-refractivity contribution in [2.45, 2.75) is 4.90 Å². The van der Waals surface area contributed by atoms with Gasteiger partial charge in [-0.2, -0.15) is 0 Å². The van der Waals surface area contributed by atoms with Gasteiger partial charge < -0.3 is 10.1 Å². The van der Waals surface area contributed by atoms with Crippen molar-refractivity contribution in [1.29, 1.82) is 0 Å². The van der Waals surface area contributed by atoms with Gasteiger partial charge in [0.2, 0.25) is 15.9 Å². The minimum Gasteiger partial charge on any atom is -0.495 e. The van der Waals surface area contributed by atoms with Crippen LogP contribution in [0.4, 0.5) is 11.4 Å². The Morgan fingerprint density at radius 3 is 2.62 bits per heavy atom. The van der Waals surface area contributed by atoms with Crippen molar-refractivity contribution in [3.05, 3.63) is 47.5 Å². The van der Waals surface area contributed by atoms with E-state index in [0.717, 1.165) is 15.5 Å². The van der Waals surface area contributed by atoms with E-state index in [4.69, 9.17) is 16.3 Å². The summed E-state index contributed by atoms with van der Waals surface area (Å²) < 4.78 is 30.6. The highest BCUT2D eigenvalue weighted by molar-refractivity contribution is 7.98. The van der Waals surface area contributed by atoms with E-state index in [1.54, 1.807) is 30.3 Å². The summed E-state index contributed by atoms with van der Waals surface area (Å²) in [5.74, 6) is -0.0800. The van der Waals surface area contributed by atoms with Gasteiger partial charge in [0.05, 0.1) is 24.7 Å². The van der Waals surface area contributed by atoms with E-state index in [1.165, 1.54) is 24.9 Å². The predicted octanol–water partition coefficient (Wildman–Crippen LogP) is 3.48. The molecular formula is C17H19ClN2O4S2. The summed E-state index contributed by atoms with van der Waals surface area (Å²) in [6.07, 6.45) is 2.95. The normalized spacial score (nSPS) is 11.1. The number of rotatable bonds is 7. The van der Waals surface area contributed by atoms with Crippen molar-refractivity contribution in [2.75, 3.05) is 35.8 Å². The molecule has 6 nitrogen and oxygen atoms in total. The van der Waals surface area contributed by atoms with Crippen molar-refractivity contribution >= 4 is 50.7 Å². The van der Waals surface area contributed by atoms with Gasteiger partial charge in [-0.3, -0.25) is 9.10 Å². The maximum Gasteiger partial charge on any atom is 0.245 e. The molecule has 1 amide bonds. The molecule has 1 N–H and O–H groups in total. The number of benzene rings is 2. The molecule has 0 bridgehead atoms. The molecule has 0 saturated carbocycles. The smallest absolute Gasteiger partial charge is 0.245 e. The number of carbonyl (C=O) groups excluding carboxylic acids is 1. The number of carbonyl (C=O) groups is 1. The molecule has 140 valence electrons. The second-order valence-corrected chi connectivity index (χ2v) is 8.59. The molecule has 26 heavy (non-hydrogen) atoms. The fraction of sp³-hybridized carbons (Fsp3) is 0.235. The van der Waals surface area contributed by atoms with Gasteiger partial charge in [-0.15, -0.1) is 11.8 Å². The summed E-state index contributed by atoms with van der Waals surface area (Å²) in [4.78, 5) is 13.4. The molecule has 0 aliphatic rings. The maximum atomic E-state index is 12.5. The first-order valence-corrected chi connectivity index (χ1v) is 10.9. The van der Waals surface area contributed by atoms with Gasteiger partial charge in [0.1, 0.15) is 12.3 Å². The highest BCUT2D eigenvalue weighted by atomic mass is 35.5. The average molecular weight is 415 g/mol. The van der Waals surface area contributed by atoms with Crippen LogP contribution in [0, 0.1) is 0 Å². The quantitative estimate of drug-likeness (QED) is 0.702. The Bertz CT molecular complexity index is 903. The van der Waals surface area contributed by atoms with Crippen molar-refractivity contribution in [1.82, 2.24) is 0 Å². The van der Waals surface area contributed by atoms with Crippen LogP contribution < -0.4 is 14.4 Å². The second-order valence-electron chi connectivity index (χ2n) is 5.36. The number of hydrogen-bond donors (Lipinski definition) is 1. The summed E-state index contributed by atoms with van der Waals surface area (Å²) in [6, 6.07) is 11.8. The van der Waals surface area contributed by atoms with Gasteiger partial charge in [0.15, 0.2) is 0 Å². The van der Waals surface area contributed by atoms with E-state index in [2.05, 4.69) is 5.32 Å². The number of hydrogen-bond acceptors (Lipinski definition) is 5. The zero-order chi connectivity index (χ0) is 19.3. The standard InChI is InChI=1S/C17H19ClN2O4S2/c1-24-16-8-7-12(18)9-15(16)19-17(21)11-20(26(3,22)23)13-5-4-6-14(10-13)25-2/h4-10H,11H2,1-3H3,(H,19,21). The Balaban J connectivity index is 2.26. The molecule has 0 radical (unpaired) electrons. The van der Waals surface area contributed by atoms with E-state index < -0.39 is 15.9 Å². The lowest BCUT2D eigenvalue weighted by molar-refractivity contribution is -0.114. The number of ether oxygens (including phenoxy) is 1. The van der Waals surface area contributed by atoms with Crippen molar-refractivity contribution in [2.24, 2.45) is 0 Å². The summed E-state index contributed by atoms with van der Waals surface area (Å²) in [5.41, 5.74) is 0.795. The number of nitrogens with zero attached hydrogens (tertiary/aromatic N) is 1. The number of sulfonamides is 1. The average Bonchev–Trinajstić information content (AvgIpc) is 2.59. The van der Waals surface area contributed by atoms with E-state index in [0.29, 0.717) is 22.1 Å². The Kier molecular flexibility index (Phi) is 6.80. The topological polar surface area (TPSA) is 75.7 Å². The number of thioether (sulfide) groups is 1. The van der Waals surface area contributed by atoms with Crippen LogP contribution in [0.5, 0.6) is 5.75 Å². The molecule has 2 aromatic carbocycles. The van der Waals surface area contributed by atoms with Crippen molar-refractivity contribution in [3.63, 3.8) is 0 Å². The van der Waals surface area contributed by atoms with Crippen LogP contribution in [0.3, 0.4) is 0 Å². The zero-order valence-corrected chi connectivity index (χ0v) is 16.9. The van der Waals surface area contributed by atoms with Gasteiger partial charge in [0.25, 0.3) is 0 Å². The molecule has 0 saturated heterocycles. The zero-order valence-electron chi connectivity index (χ0n) is 14.5. The summed E-state index contributed by atoms with van der Waals surface area (Å²) in [6.45, 7) is -0.369. The van der Waals surface area contributed by atoms with Crippen LogP contribution in [-0.2, 0) is 14.8 Å². The van der Waals surface area contributed by atoms with E-state index in [1.807, 2.05) is 12.3 Å². The minimum atomic E-state index is -3.65. The van der Waals surface area contributed by atoms with Crippen LogP contribution in [0.25, 0.3) is 0 Å². The fourth-order valence-electron chi connectivity index (χ4n) is 2.26. The number of amides is 1. The summed E-state index contributed by atoms with van der Waals surface area (Å²) >= 11 is 7.44. The lowest BCUT2D eigenvalue weighted by Gasteiger charge is -2.22. The molecule has 0 aromatic heterocycles. The molecule has 0 aliphatic carbocycles. The largest absolute Gasteiger partial charge is 0.495 e. The summed E-state index contributed by atoms with van der Waals surface area (Å²) in [5, 5.41) is 3.07.